The van der Waals surface area contributed by atoms with Crippen LogP contribution in [0, 0.1) is 6.92 Å². The highest BCUT2D eigenvalue weighted by atomic mass is 19.4. The van der Waals surface area contributed by atoms with E-state index in [1.807, 2.05) is 31.2 Å². The molecule has 5 rings (SSSR count). The molecule has 34 heavy (non-hydrogen) atoms. The molecule has 0 aliphatic carbocycles. The Balaban J connectivity index is 1.60. The maximum atomic E-state index is 13.0. The van der Waals surface area contributed by atoms with Gasteiger partial charge in [-0.25, -0.2) is 9.67 Å². The number of benzene rings is 2. The SMILES string of the molecule is Cc1cccc(-c2nc(NC[C@@H]3CCCO3)nc3nn(-c4ccc(C(F)(F)F)cc4)c(N)c23)c1. The third-order valence-corrected chi connectivity index (χ3v) is 5.81. The molecule has 1 aliphatic heterocycles. The summed E-state index contributed by atoms with van der Waals surface area (Å²) in [5.41, 5.74) is 8.93. The highest BCUT2D eigenvalue weighted by Gasteiger charge is 2.30. The predicted octanol–water partition coefficient (Wildman–Crippen LogP) is 4.98. The molecule has 0 radical (unpaired) electrons. The molecule has 7 nitrogen and oxygen atoms in total. The number of alkyl halides is 3. The van der Waals surface area contributed by atoms with Gasteiger partial charge in [-0.1, -0.05) is 23.8 Å². The topological polar surface area (TPSA) is 90.9 Å². The molecule has 4 aromatic rings. The van der Waals surface area contributed by atoms with Gasteiger partial charge in [0.05, 0.1) is 28.4 Å². The molecule has 0 unspecified atom stereocenters. The Bertz CT molecular complexity index is 1330. The van der Waals surface area contributed by atoms with Crippen LogP contribution >= 0.6 is 0 Å². The third kappa shape index (κ3) is 4.28. The highest BCUT2D eigenvalue weighted by molar-refractivity contribution is 5.99. The fourth-order valence-electron chi connectivity index (χ4n) is 4.09. The number of anilines is 2. The number of fused-ring (bicyclic) bond motifs is 1. The molecule has 2 aromatic heterocycles. The molecule has 0 saturated carbocycles. The molecule has 0 spiro atoms. The molecular weight excluding hydrogens is 445 g/mol. The van der Waals surface area contributed by atoms with Crippen LogP contribution in [0.4, 0.5) is 24.9 Å². The van der Waals surface area contributed by atoms with Gasteiger partial charge in [-0.3, -0.25) is 0 Å². The van der Waals surface area contributed by atoms with E-state index in [2.05, 4.69) is 15.4 Å². The smallest absolute Gasteiger partial charge is 0.383 e. The number of hydrogen-bond acceptors (Lipinski definition) is 6. The second-order valence-corrected chi connectivity index (χ2v) is 8.32. The minimum atomic E-state index is -4.42. The van der Waals surface area contributed by atoms with Gasteiger partial charge in [-0.15, -0.1) is 5.10 Å². The van der Waals surface area contributed by atoms with Crippen molar-refractivity contribution in [1.82, 2.24) is 19.7 Å². The first-order valence-electron chi connectivity index (χ1n) is 11.0. The van der Waals surface area contributed by atoms with Crippen molar-refractivity contribution in [2.75, 3.05) is 24.2 Å². The number of nitrogens with one attached hydrogen (secondary N) is 1. The third-order valence-electron chi connectivity index (χ3n) is 5.81. The maximum absolute atomic E-state index is 13.0. The largest absolute Gasteiger partial charge is 0.416 e. The van der Waals surface area contributed by atoms with Crippen LogP contribution in [0.25, 0.3) is 28.0 Å². The minimum Gasteiger partial charge on any atom is -0.383 e. The van der Waals surface area contributed by atoms with Gasteiger partial charge in [0.15, 0.2) is 5.65 Å². The normalized spacial score (nSPS) is 16.3. The van der Waals surface area contributed by atoms with Gasteiger partial charge in [-0.05, 0) is 50.1 Å². The number of ether oxygens (including phenoxy) is 1. The van der Waals surface area contributed by atoms with Crippen LogP contribution in [-0.4, -0.2) is 39.0 Å². The van der Waals surface area contributed by atoms with Crippen LogP contribution in [0.3, 0.4) is 0 Å². The monoisotopic (exact) mass is 468 g/mol. The lowest BCUT2D eigenvalue weighted by atomic mass is 10.1. The number of aryl methyl sites for hydroxylation is 1. The number of hydrogen-bond donors (Lipinski definition) is 2. The number of nitrogens with zero attached hydrogens (tertiary/aromatic N) is 4. The summed E-state index contributed by atoms with van der Waals surface area (Å²) >= 11 is 0. The van der Waals surface area contributed by atoms with Crippen molar-refractivity contribution in [2.24, 2.45) is 0 Å². The predicted molar refractivity (Wildman–Crippen MR) is 124 cm³/mol. The zero-order valence-electron chi connectivity index (χ0n) is 18.4. The van der Waals surface area contributed by atoms with Crippen molar-refractivity contribution in [3.05, 3.63) is 59.7 Å². The second kappa shape index (κ2) is 8.60. The molecule has 10 heteroatoms. The summed E-state index contributed by atoms with van der Waals surface area (Å²) < 4.78 is 46.0. The lowest BCUT2D eigenvalue weighted by molar-refractivity contribution is -0.137. The summed E-state index contributed by atoms with van der Waals surface area (Å²) in [6.45, 7) is 3.29. The van der Waals surface area contributed by atoms with Gasteiger partial charge >= 0.3 is 6.18 Å². The lowest BCUT2D eigenvalue weighted by Crippen LogP contribution is -2.19. The van der Waals surface area contributed by atoms with Crippen molar-refractivity contribution in [2.45, 2.75) is 32.0 Å². The van der Waals surface area contributed by atoms with E-state index in [1.54, 1.807) is 0 Å². The van der Waals surface area contributed by atoms with Gasteiger partial charge < -0.3 is 15.8 Å². The van der Waals surface area contributed by atoms with Crippen LogP contribution in [0.1, 0.15) is 24.0 Å². The molecule has 1 aliphatic rings. The summed E-state index contributed by atoms with van der Waals surface area (Å²) in [6.07, 6.45) is -2.34. The van der Waals surface area contributed by atoms with Crippen molar-refractivity contribution in [1.29, 1.82) is 0 Å². The van der Waals surface area contributed by atoms with Crippen LogP contribution in [0.5, 0.6) is 0 Å². The molecule has 1 fully saturated rings. The zero-order chi connectivity index (χ0) is 23.9. The lowest BCUT2D eigenvalue weighted by Gasteiger charge is -2.12. The van der Waals surface area contributed by atoms with E-state index in [0.29, 0.717) is 34.9 Å². The maximum Gasteiger partial charge on any atom is 0.416 e. The molecule has 176 valence electrons. The number of nitrogen functional groups attached to an aromatic ring is 1. The molecule has 0 amide bonds. The first-order chi connectivity index (χ1) is 16.3. The van der Waals surface area contributed by atoms with Gasteiger partial charge in [0.2, 0.25) is 5.95 Å². The van der Waals surface area contributed by atoms with E-state index >= 15 is 0 Å². The second-order valence-electron chi connectivity index (χ2n) is 8.32. The first-order valence-corrected chi connectivity index (χ1v) is 11.0. The summed E-state index contributed by atoms with van der Waals surface area (Å²) in [4.78, 5) is 9.27. The van der Waals surface area contributed by atoms with E-state index in [1.165, 1.54) is 16.8 Å². The Morgan fingerprint density at radius 1 is 1.15 bits per heavy atom. The molecule has 3 heterocycles. The Morgan fingerprint density at radius 3 is 2.62 bits per heavy atom. The summed E-state index contributed by atoms with van der Waals surface area (Å²) in [5, 5.41) is 8.28. The number of nitrogens with two attached hydrogens (primary N) is 1. The fraction of sp³-hybridized carbons (Fsp3) is 0.292. The fourth-order valence-corrected chi connectivity index (χ4v) is 4.09. The van der Waals surface area contributed by atoms with E-state index in [0.717, 1.165) is 42.7 Å². The molecule has 2 aromatic carbocycles. The Kier molecular flexibility index (Phi) is 5.60. The molecule has 1 saturated heterocycles. The highest BCUT2D eigenvalue weighted by Crippen LogP contribution is 2.34. The first kappa shape index (κ1) is 22.1. The van der Waals surface area contributed by atoms with E-state index in [-0.39, 0.29) is 11.9 Å². The van der Waals surface area contributed by atoms with Crippen LogP contribution in [0.15, 0.2) is 48.5 Å². The van der Waals surface area contributed by atoms with Crippen molar-refractivity contribution in [3.8, 4) is 16.9 Å². The Labute approximate surface area is 193 Å². The average molecular weight is 468 g/mol. The van der Waals surface area contributed by atoms with E-state index in [4.69, 9.17) is 15.5 Å². The van der Waals surface area contributed by atoms with Crippen molar-refractivity contribution >= 4 is 22.8 Å². The Hall–Kier alpha value is -3.66. The average Bonchev–Trinajstić information content (AvgIpc) is 3.45. The van der Waals surface area contributed by atoms with Gasteiger partial charge in [0.25, 0.3) is 0 Å². The number of halogens is 3. The van der Waals surface area contributed by atoms with Crippen molar-refractivity contribution < 1.29 is 17.9 Å². The van der Waals surface area contributed by atoms with Crippen molar-refractivity contribution in [3.63, 3.8) is 0 Å². The summed E-state index contributed by atoms with van der Waals surface area (Å²) in [5.74, 6) is 0.633. The van der Waals surface area contributed by atoms with Crippen LogP contribution in [-0.2, 0) is 10.9 Å². The molecule has 0 bridgehead atoms. The zero-order valence-corrected chi connectivity index (χ0v) is 18.4. The van der Waals surface area contributed by atoms with Gasteiger partial charge in [-0.2, -0.15) is 18.2 Å². The number of aromatic nitrogens is 4. The standard InChI is InChI=1S/C24H23F3N6O/c1-14-4-2-5-15(12-14)20-19-21(28)33(17-9-7-16(8-10-17)24(25,26)27)32-22(19)31-23(30-20)29-13-18-6-3-11-34-18/h2,4-5,7-10,12,18H,3,6,11,13,28H2,1H3,(H,29,31,32)/t18-/m0/s1. The number of rotatable bonds is 5. The molecular formula is C24H23F3N6O. The summed E-state index contributed by atoms with van der Waals surface area (Å²) in [6, 6.07) is 12.5. The quantitative estimate of drug-likeness (QED) is 0.429. The van der Waals surface area contributed by atoms with E-state index in [9.17, 15) is 13.2 Å². The van der Waals surface area contributed by atoms with Gasteiger partial charge in [0.1, 0.15) is 5.82 Å². The van der Waals surface area contributed by atoms with Crippen LogP contribution in [0.2, 0.25) is 0 Å². The Morgan fingerprint density at radius 2 is 1.94 bits per heavy atom. The molecule has 3 N–H and O–H groups in total. The minimum absolute atomic E-state index is 0.0940. The van der Waals surface area contributed by atoms with Gasteiger partial charge in [0, 0.05) is 18.7 Å². The van der Waals surface area contributed by atoms with Crippen LogP contribution < -0.4 is 11.1 Å². The summed E-state index contributed by atoms with van der Waals surface area (Å²) in [7, 11) is 0. The van der Waals surface area contributed by atoms with E-state index < -0.39 is 11.7 Å². The molecule has 1 atom stereocenters.